The van der Waals surface area contributed by atoms with Crippen molar-refractivity contribution in [2.75, 3.05) is 26.3 Å². The molecule has 19 heavy (non-hydrogen) atoms. The second-order valence-electron chi connectivity index (χ2n) is 5.74. The van der Waals surface area contributed by atoms with Crippen LogP contribution in [-0.4, -0.2) is 36.2 Å². The number of aromatic nitrogens is 1. The minimum Gasteiger partial charge on any atom is -0.379 e. The minimum absolute atomic E-state index is 0.286. The number of hydrogen-bond acceptors (Lipinski definition) is 5. The Morgan fingerprint density at radius 1 is 1.37 bits per heavy atom. The molecule has 1 aliphatic heterocycles. The minimum atomic E-state index is -0.286. The van der Waals surface area contributed by atoms with Crippen molar-refractivity contribution in [3.8, 4) is 0 Å². The van der Waals surface area contributed by atoms with Crippen LogP contribution in [0.4, 0.5) is 0 Å². The number of hydrogen-bond donors (Lipinski definition) is 1. The standard InChI is InChI=1S/C14H25N3OS/c1-4-5-11-13(14(2,3)15)19-12(16-11)10-17-6-8-18-9-7-17/h4-10,15H2,1-3H3. The Bertz CT molecular complexity index is 405. The van der Waals surface area contributed by atoms with Crippen LogP contribution in [0.25, 0.3) is 0 Å². The van der Waals surface area contributed by atoms with Crippen LogP contribution < -0.4 is 5.73 Å². The molecule has 2 rings (SSSR count). The van der Waals surface area contributed by atoms with Gasteiger partial charge in [0.25, 0.3) is 0 Å². The van der Waals surface area contributed by atoms with E-state index in [1.165, 1.54) is 15.6 Å². The van der Waals surface area contributed by atoms with E-state index in [0.717, 1.165) is 45.7 Å². The van der Waals surface area contributed by atoms with E-state index in [1.54, 1.807) is 11.3 Å². The molecule has 0 bridgehead atoms. The maximum absolute atomic E-state index is 6.27. The van der Waals surface area contributed by atoms with Gasteiger partial charge in [0.15, 0.2) is 0 Å². The molecule has 0 aromatic carbocycles. The quantitative estimate of drug-likeness (QED) is 0.899. The highest BCUT2D eigenvalue weighted by Gasteiger charge is 2.24. The van der Waals surface area contributed by atoms with E-state index in [1.807, 2.05) is 0 Å². The zero-order valence-corrected chi connectivity index (χ0v) is 13.1. The van der Waals surface area contributed by atoms with Crippen LogP contribution in [0.15, 0.2) is 0 Å². The van der Waals surface area contributed by atoms with Crippen molar-refractivity contribution in [2.45, 2.75) is 45.7 Å². The van der Waals surface area contributed by atoms with Crippen LogP contribution in [-0.2, 0) is 23.2 Å². The summed E-state index contributed by atoms with van der Waals surface area (Å²) in [6.07, 6.45) is 2.14. The number of ether oxygens (including phenoxy) is 1. The molecule has 1 fully saturated rings. The Morgan fingerprint density at radius 3 is 2.63 bits per heavy atom. The van der Waals surface area contributed by atoms with Gasteiger partial charge in [0.2, 0.25) is 0 Å². The predicted molar refractivity (Wildman–Crippen MR) is 79.4 cm³/mol. The van der Waals surface area contributed by atoms with Gasteiger partial charge in [-0.3, -0.25) is 4.90 Å². The zero-order valence-electron chi connectivity index (χ0n) is 12.2. The molecule has 1 saturated heterocycles. The molecular weight excluding hydrogens is 258 g/mol. The van der Waals surface area contributed by atoms with E-state index in [9.17, 15) is 0 Å². The van der Waals surface area contributed by atoms with Crippen molar-refractivity contribution in [3.63, 3.8) is 0 Å². The lowest BCUT2D eigenvalue weighted by Gasteiger charge is -2.25. The molecule has 0 radical (unpaired) electrons. The van der Waals surface area contributed by atoms with E-state index in [4.69, 9.17) is 15.5 Å². The first kappa shape index (κ1) is 14.9. The Balaban J connectivity index is 2.12. The fourth-order valence-corrected chi connectivity index (χ4v) is 3.50. The van der Waals surface area contributed by atoms with E-state index < -0.39 is 0 Å². The van der Waals surface area contributed by atoms with Crippen LogP contribution in [0.2, 0.25) is 0 Å². The largest absolute Gasteiger partial charge is 0.379 e. The maximum atomic E-state index is 6.27. The molecule has 1 aromatic rings. The van der Waals surface area contributed by atoms with Crippen LogP contribution in [0.5, 0.6) is 0 Å². The molecule has 0 unspecified atom stereocenters. The number of thiazole rings is 1. The van der Waals surface area contributed by atoms with Gasteiger partial charge in [-0.2, -0.15) is 0 Å². The Morgan fingerprint density at radius 2 is 2.05 bits per heavy atom. The van der Waals surface area contributed by atoms with Crippen LogP contribution in [0, 0.1) is 0 Å². The predicted octanol–water partition coefficient (Wildman–Crippen LogP) is 2.12. The lowest BCUT2D eigenvalue weighted by atomic mass is 10.0. The number of nitrogens with two attached hydrogens (primary N) is 1. The lowest BCUT2D eigenvalue weighted by molar-refractivity contribution is 0.0341. The van der Waals surface area contributed by atoms with Crippen LogP contribution >= 0.6 is 11.3 Å². The molecule has 0 saturated carbocycles. The highest BCUT2D eigenvalue weighted by molar-refractivity contribution is 7.11. The van der Waals surface area contributed by atoms with E-state index in [2.05, 4.69) is 25.7 Å². The van der Waals surface area contributed by atoms with Crippen LogP contribution in [0.1, 0.15) is 42.8 Å². The second kappa shape index (κ2) is 6.31. The average Bonchev–Trinajstić information content (AvgIpc) is 2.74. The molecule has 2 N–H and O–H groups in total. The first-order valence-corrected chi connectivity index (χ1v) is 7.90. The van der Waals surface area contributed by atoms with Gasteiger partial charge in [0, 0.05) is 23.5 Å². The maximum Gasteiger partial charge on any atom is 0.107 e. The van der Waals surface area contributed by atoms with Crippen molar-refractivity contribution in [1.29, 1.82) is 0 Å². The summed E-state index contributed by atoms with van der Waals surface area (Å²) in [4.78, 5) is 8.47. The van der Waals surface area contributed by atoms with Crippen molar-refractivity contribution in [1.82, 2.24) is 9.88 Å². The van der Waals surface area contributed by atoms with Gasteiger partial charge < -0.3 is 10.5 Å². The average molecular weight is 283 g/mol. The normalized spacial score (nSPS) is 17.9. The molecule has 4 nitrogen and oxygen atoms in total. The molecule has 0 spiro atoms. The van der Waals surface area contributed by atoms with Crippen LogP contribution in [0.3, 0.4) is 0 Å². The third-order valence-electron chi connectivity index (χ3n) is 3.28. The molecule has 0 aliphatic carbocycles. The van der Waals surface area contributed by atoms with E-state index in [0.29, 0.717) is 0 Å². The Kier molecular flexibility index (Phi) is 4.95. The van der Waals surface area contributed by atoms with Crippen molar-refractivity contribution < 1.29 is 4.74 Å². The molecule has 5 heteroatoms. The van der Waals surface area contributed by atoms with Gasteiger partial charge in [-0.15, -0.1) is 11.3 Å². The fourth-order valence-electron chi connectivity index (χ4n) is 2.33. The molecule has 1 aromatic heterocycles. The smallest absolute Gasteiger partial charge is 0.107 e. The number of morpholine rings is 1. The third kappa shape index (κ3) is 3.99. The number of rotatable bonds is 5. The summed E-state index contributed by atoms with van der Waals surface area (Å²) in [5.41, 5.74) is 7.18. The monoisotopic (exact) mass is 283 g/mol. The lowest BCUT2D eigenvalue weighted by Crippen LogP contribution is -2.35. The first-order valence-electron chi connectivity index (χ1n) is 7.08. The van der Waals surface area contributed by atoms with Crippen molar-refractivity contribution >= 4 is 11.3 Å². The first-order chi connectivity index (χ1) is 9.00. The van der Waals surface area contributed by atoms with Crippen molar-refractivity contribution in [3.05, 3.63) is 15.6 Å². The van der Waals surface area contributed by atoms with Gasteiger partial charge in [0.05, 0.1) is 25.5 Å². The van der Waals surface area contributed by atoms with Gasteiger partial charge in [0.1, 0.15) is 5.01 Å². The summed E-state index contributed by atoms with van der Waals surface area (Å²) in [5, 5.41) is 1.19. The molecule has 108 valence electrons. The van der Waals surface area contributed by atoms with E-state index in [-0.39, 0.29) is 5.54 Å². The van der Waals surface area contributed by atoms with Crippen molar-refractivity contribution in [2.24, 2.45) is 5.73 Å². The molecule has 0 amide bonds. The van der Waals surface area contributed by atoms with E-state index >= 15 is 0 Å². The summed E-state index contributed by atoms with van der Waals surface area (Å²) >= 11 is 1.78. The molecule has 0 atom stereocenters. The number of aryl methyl sites for hydroxylation is 1. The SMILES string of the molecule is CCCc1nc(CN2CCOCC2)sc1C(C)(C)N. The summed E-state index contributed by atoms with van der Waals surface area (Å²) in [5.74, 6) is 0. The zero-order chi connectivity index (χ0) is 13.9. The highest BCUT2D eigenvalue weighted by atomic mass is 32.1. The second-order valence-corrected chi connectivity index (χ2v) is 6.83. The highest BCUT2D eigenvalue weighted by Crippen LogP contribution is 2.29. The Hall–Kier alpha value is -0.490. The topological polar surface area (TPSA) is 51.4 Å². The summed E-state index contributed by atoms with van der Waals surface area (Å²) < 4.78 is 5.38. The summed E-state index contributed by atoms with van der Waals surface area (Å²) in [7, 11) is 0. The Labute approximate surface area is 120 Å². The molecule has 2 heterocycles. The van der Waals surface area contributed by atoms with Gasteiger partial charge in [-0.1, -0.05) is 13.3 Å². The molecule has 1 aliphatic rings. The van der Waals surface area contributed by atoms with Gasteiger partial charge in [-0.25, -0.2) is 4.98 Å². The number of nitrogens with zero attached hydrogens (tertiary/aromatic N) is 2. The molecular formula is C14H25N3OS. The van der Waals surface area contributed by atoms with Gasteiger partial charge in [-0.05, 0) is 20.3 Å². The summed E-state index contributed by atoms with van der Waals surface area (Å²) in [6, 6.07) is 0. The van der Waals surface area contributed by atoms with Gasteiger partial charge >= 0.3 is 0 Å². The fraction of sp³-hybridized carbons (Fsp3) is 0.786. The summed E-state index contributed by atoms with van der Waals surface area (Å²) in [6.45, 7) is 10.9. The third-order valence-corrected chi connectivity index (χ3v) is 4.70.